The van der Waals surface area contributed by atoms with Crippen LogP contribution in [0.4, 0.5) is 10.1 Å². The number of amides is 2. The maximum atomic E-state index is 13.6. The van der Waals surface area contributed by atoms with Gasteiger partial charge in [0.05, 0.1) is 25.8 Å². The van der Waals surface area contributed by atoms with Gasteiger partial charge in [0.25, 0.3) is 0 Å². The monoisotopic (exact) mass is 422 g/mol. The van der Waals surface area contributed by atoms with Crippen molar-refractivity contribution in [2.24, 2.45) is 5.92 Å². The van der Waals surface area contributed by atoms with Gasteiger partial charge in [0.1, 0.15) is 11.6 Å². The van der Waals surface area contributed by atoms with Crippen LogP contribution in [0.2, 0.25) is 0 Å². The van der Waals surface area contributed by atoms with Crippen molar-refractivity contribution in [1.29, 1.82) is 0 Å². The highest BCUT2D eigenvalue weighted by atomic mass is 19.1. The predicted octanol–water partition coefficient (Wildman–Crippen LogP) is 4.86. The molecule has 0 atom stereocenters. The first-order valence-electron chi connectivity index (χ1n) is 10.3. The summed E-state index contributed by atoms with van der Waals surface area (Å²) in [6.45, 7) is 4.60. The lowest BCUT2D eigenvalue weighted by Crippen LogP contribution is -2.31. The minimum absolute atomic E-state index is 0.0248. The van der Waals surface area contributed by atoms with Gasteiger partial charge in [-0.15, -0.1) is 0 Å². The molecule has 1 aromatic heterocycles. The largest absolute Gasteiger partial charge is 0.467 e. The van der Waals surface area contributed by atoms with Gasteiger partial charge in [-0.05, 0) is 53.4 Å². The van der Waals surface area contributed by atoms with Crippen LogP contribution in [-0.2, 0) is 29.1 Å². The molecule has 31 heavy (non-hydrogen) atoms. The van der Waals surface area contributed by atoms with Gasteiger partial charge in [0.15, 0.2) is 0 Å². The Morgan fingerprint density at radius 3 is 2.45 bits per heavy atom. The first kappa shape index (κ1) is 22.3. The van der Waals surface area contributed by atoms with Crippen LogP contribution >= 0.6 is 0 Å². The molecule has 0 saturated heterocycles. The number of anilines is 1. The molecule has 2 amide bonds. The van der Waals surface area contributed by atoms with E-state index in [-0.39, 0.29) is 36.5 Å². The number of nitrogens with one attached hydrogen (secondary N) is 1. The lowest BCUT2D eigenvalue weighted by atomic mass is 10.1. The number of carbonyl (C=O) groups excluding carboxylic acids is 2. The molecule has 3 rings (SSSR count). The molecule has 0 aliphatic rings. The van der Waals surface area contributed by atoms with Gasteiger partial charge in [0, 0.05) is 12.1 Å². The number of furan rings is 1. The molecule has 0 aliphatic heterocycles. The van der Waals surface area contributed by atoms with Crippen LogP contribution in [0.25, 0.3) is 0 Å². The molecule has 0 unspecified atom stereocenters. The molecule has 0 bridgehead atoms. The molecule has 3 aromatic rings. The third-order valence-corrected chi connectivity index (χ3v) is 4.77. The highest BCUT2D eigenvalue weighted by Gasteiger charge is 2.18. The summed E-state index contributed by atoms with van der Waals surface area (Å²) in [6, 6.07) is 17.2. The summed E-state index contributed by atoms with van der Waals surface area (Å²) in [4.78, 5) is 26.7. The van der Waals surface area contributed by atoms with Crippen LogP contribution in [-0.4, -0.2) is 11.8 Å². The minimum Gasteiger partial charge on any atom is -0.467 e. The second-order valence-electron chi connectivity index (χ2n) is 7.91. The van der Waals surface area contributed by atoms with Crippen molar-refractivity contribution in [3.63, 3.8) is 0 Å². The molecule has 0 spiro atoms. The summed E-state index contributed by atoms with van der Waals surface area (Å²) in [7, 11) is 0. The first-order valence-corrected chi connectivity index (χ1v) is 10.3. The van der Waals surface area contributed by atoms with Crippen LogP contribution in [0.3, 0.4) is 0 Å². The minimum atomic E-state index is -0.329. The van der Waals surface area contributed by atoms with E-state index in [1.54, 1.807) is 35.4 Å². The zero-order valence-electron chi connectivity index (χ0n) is 17.8. The molecular weight excluding hydrogens is 395 g/mol. The normalized spacial score (nSPS) is 10.8. The van der Waals surface area contributed by atoms with Gasteiger partial charge in [-0.1, -0.05) is 38.1 Å². The van der Waals surface area contributed by atoms with Gasteiger partial charge in [-0.3, -0.25) is 9.59 Å². The Balaban J connectivity index is 1.68. The highest BCUT2D eigenvalue weighted by molar-refractivity contribution is 5.93. The molecule has 2 aromatic carbocycles. The summed E-state index contributed by atoms with van der Waals surface area (Å²) >= 11 is 0. The molecule has 0 saturated carbocycles. The highest BCUT2D eigenvalue weighted by Crippen LogP contribution is 2.21. The molecule has 6 heteroatoms. The van der Waals surface area contributed by atoms with Gasteiger partial charge < -0.3 is 14.6 Å². The lowest BCUT2D eigenvalue weighted by molar-refractivity contribution is -0.121. The number of hydrogen-bond donors (Lipinski definition) is 1. The summed E-state index contributed by atoms with van der Waals surface area (Å²) < 4.78 is 18.8. The second kappa shape index (κ2) is 10.6. The number of halogens is 1. The van der Waals surface area contributed by atoms with E-state index in [4.69, 9.17) is 4.42 Å². The quantitative estimate of drug-likeness (QED) is 0.536. The summed E-state index contributed by atoms with van der Waals surface area (Å²) in [5.74, 6) is 0.435. The van der Waals surface area contributed by atoms with Crippen molar-refractivity contribution < 1.29 is 18.4 Å². The van der Waals surface area contributed by atoms with Crippen molar-refractivity contribution in [1.82, 2.24) is 5.32 Å². The smallest absolute Gasteiger partial charge is 0.227 e. The van der Waals surface area contributed by atoms with Crippen molar-refractivity contribution in [2.45, 2.75) is 39.8 Å². The van der Waals surface area contributed by atoms with Gasteiger partial charge in [-0.2, -0.15) is 0 Å². The van der Waals surface area contributed by atoms with Gasteiger partial charge in [0.2, 0.25) is 11.8 Å². The molecule has 1 heterocycles. The fraction of sp³-hybridized carbons (Fsp3) is 0.280. The fourth-order valence-electron chi connectivity index (χ4n) is 3.24. The summed E-state index contributed by atoms with van der Waals surface area (Å²) in [5, 5.41) is 2.82. The standard InChI is InChI=1S/C25H27FN2O3/c1-18(2)13-25(30)28(17-20-5-3-6-21(26)14-20)22-10-8-19(9-11-22)15-24(29)27-16-23-7-4-12-31-23/h3-12,14,18H,13,15-17H2,1-2H3,(H,27,29). The number of benzene rings is 2. The van der Waals surface area contributed by atoms with Gasteiger partial charge >= 0.3 is 0 Å². The molecule has 162 valence electrons. The Labute approximate surface area is 181 Å². The Morgan fingerprint density at radius 2 is 1.81 bits per heavy atom. The zero-order chi connectivity index (χ0) is 22.2. The number of hydrogen-bond acceptors (Lipinski definition) is 3. The van der Waals surface area contributed by atoms with E-state index in [0.29, 0.717) is 18.7 Å². The zero-order valence-corrected chi connectivity index (χ0v) is 17.8. The predicted molar refractivity (Wildman–Crippen MR) is 118 cm³/mol. The van der Waals surface area contributed by atoms with E-state index in [1.807, 2.05) is 38.1 Å². The van der Waals surface area contributed by atoms with Crippen molar-refractivity contribution in [3.05, 3.63) is 89.6 Å². The fourth-order valence-corrected chi connectivity index (χ4v) is 3.24. The van der Waals surface area contributed by atoms with Crippen molar-refractivity contribution >= 4 is 17.5 Å². The van der Waals surface area contributed by atoms with Crippen LogP contribution in [0, 0.1) is 11.7 Å². The molecular formula is C25H27FN2O3. The Hall–Kier alpha value is -3.41. The van der Waals surface area contributed by atoms with E-state index >= 15 is 0 Å². The maximum Gasteiger partial charge on any atom is 0.227 e. The van der Waals surface area contributed by atoms with Crippen LogP contribution in [0.5, 0.6) is 0 Å². The average molecular weight is 423 g/mol. The van der Waals surface area contributed by atoms with E-state index in [2.05, 4.69) is 5.32 Å². The average Bonchev–Trinajstić information content (AvgIpc) is 3.24. The Kier molecular flexibility index (Phi) is 7.60. The SMILES string of the molecule is CC(C)CC(=O)N(Cc1cccc(F)c1)c1ccc(CC(=O)NCc2ccco2)cc1. The number of rotatable bonds is 9. The second-order valence-corrected chi connectivity index (χ2v) is 7.91. The summed E-state index contributed by atoms with van der Waals surface area (Å²) in [5.41, 5.74) is 2.27. The number of carbonyl (C=O) groups is 2. The third kappa shape index (κ3) is 6.81. The number of nitrogens with zero attached hydrogens (tertiary/aromatic N) is 1. The maximum absolute atomic E-state index is 13.6. The van der Waals surface area contributed by atoms with Crippen molar-refractivity contribution in [3.8, 4) is 0 Å². The molecule has 0 radical (unpaired) electrons. The van der Waals surface area contributed by atoms with E-state index < -0.39 is 0 Å². The molecule has 5 nitrogen and oxygen atoms in total. The first-order chi connectivity index (χ1) is 14.9. The van der Waals surface area contributed by atoms with E-state index in [9.17, 15) is 14.0 Å². The van der Waals surface area contributed by atoms with Crippen LogP contribution in [0.15, 0.2) is 71.3 Å². The molecule has 1 N–H and O–H groups in total. The topological polar surface area (TPSA) is 62.6 Å². The Morgan fingerprint density at radius 1 is 1.03 bits per heavy atom. The van der Waals surface area contributed by atoms with E-state index in [0.717, 1.165) is 16.8 Å². The molecule has 0 fully saturated rings. The summed E-state index contributed by atoms with van der Waals surface area (Å²) in [6.07, 6.45) is 2.19. The van der Waals surface area contributed by atoms with Gasteiger partial charge in [-0.25, -0.2) is 4.39 Å². The van der Waals surface area contributed by atoms with Crippen molar-refractivity contribution in [2.75, 3.05) is 4.90 Å². The third-order valence-electron chi connectivity index (χ3n) is 4.77. The molecule has 0 aliphatic carbocycles. The van der Waals surface area contributed by atoms with E-state index in [1.165, 1.54) is 12.1 Å². The van der Waals surface area contributed by atoms with Crippen LogP contribution < -0.4 is 10.2 Å². The lowest BCUT2D eigenvalue weighted by Gasteiger charge is -2.24. The Bertz CT molecular complexity index is 998. The van der Waals surface area contributed by atoms with Crippen LogP contribution in [0.1, 0.15) is 37.2 Å².